The van der Waals surface area contributed by atoms with E-state index in [4.69, 9.17) is 19.4 Å². The molecule has 296 valence electrons. The second kappa shape index (κ2) is 15.0. The summed E-state index contributed by atoms with van der Waals surface area (Å²) in [5, 5.41) is 9.28. The average molecular weight is 824 g/mol. The van der Waals surface area contributed by atoms with Crippen LogP contribution in [-0.2, 0) is 0 Å². The normalized spacial score (nSPS) is 11.8. The minimum atomic E-state index is -2.76. The predicted molar refractivity (Wildman–Crippen MR) is 259 cm³/mol. The number of nitrogens with zero attached hydrogens (tertiary/aromatic N) is 5. The van der Waals surface area contributed by atoms with E-state index in [1.807, 2.05) is 30.5 Å². The molecule has 12 aromatic rings. The van der Waals surface area contributed by atoms with Crippen LogP contribution in [0, 0.1) is 0 Å². The van der Waals surface area contributed by atoms with Crippen molar-refractivity contribution in [2.75, 3.05) is 0 Å². The van der Waals surface area contributed by atoms with Gasteiger partial charge in [-0.15, -0.1) is 0 Å². The van der Waals surface area contributed by atoms with Crippen LogP contribution in [0.25, 0.3) is 83.6 Å². The van der Waals surface area contributed by atoms with Crippen molar-refractivity contribution in [1.82, 2.24) is 24.5 Å². The molecule has 0 saturated carbocycles. The van der Waals surface area contributed by atoms with Crippen molar-refractivity contribution in [1.29, 1.82) is 0 Å². The highest BCUT2D eigenvalue weighted by Crippen LogP contribution is 2.38. The zero-order valence-corrected chi connectivity index (χ0v) is 35.0. The lowest BCUT2D eigenvalue weighted by molar-refractivity contribution is 0.668. The first-order chi connectivity index (χ1) is 31.2. The molecule has 0 bridgehead atoms. The molecule has 7 heteroatoms. The number of para-hydroxylation sites is 1. The summed E-state index contributed by atoms with van der Waals surface area (Å²) in [6.45, 7) is 0. The molecule has 0 aliphatic heterocycles. The van der Waals surface area contributed by atoms with Gasteiger partial charge in [0.25, 0.3) is 0 Å². The summed E-state index contributed by atoms with van der Waals surface area (Å²) in [5.74, 6) is 1.64. The van der Waals surface area contributed by atoms with E-state index in [9.17, 15) is 0 Å². The molecule has 0 aliphatic carbocycles. The van der Waals surface area contributed by atoms with E-state index in [0.29, 0.717) is 17.6 Å². The van der Waals surface area contributed by atoms with Gasteiger partial charge in [0.05, 0.1) is 11.0 Å². The van der Waals surface area contributed by atoms with Gasteiger partial charge in [0.15, 0.2) is 19.7 Å². The molecule has 0 amide bonds. The molecule has 0 N–H and O–H groups in total. The molecule has 6 nitrogen and oxygen atoms in total. The number of furan rings is 1. The summed E-state index contributed by atoms with van der Waals surface area (Å²) >= 11 is 0. The number of hydrogen-bond acceptors (Lipinski definition) is 5. The Hall–Kier alpha value is -8.26. The van der Waals surface area contributed by atoms with Gasteiger partial charge < -0.3 is 4.42 Å². The van der Waals surface area contributed by atoms with E-state index < -0.39 is 8.07 Å². The van der Waals surface area contributed by atoms with E-state index in [0.717, 1.165) is 66.0 Å². The highest BCUT2D eigenvalue weighted by molar-refractivity contribution is 7.19. The Morgan fingerprint density at radius 1 is 0.397 bits per heavy atom. The maximum Gasteiger partial charge on any atom is 0.238 e. The van der Waals surface area contributed by atoms with Crippen molar-refractivity contribution >= 4 is 72.6 Å². The van der Waals surface area contributed by atoms with Crippen LogP contribution in [0.3, 0.4) is 0 Å². The average Bonchev–Trinajstić information content (AvgIpc) is 3.91. The highest BCUT2D eigenvalue weighted by atomic mass is 28.3. The Morgan fingerprint density at radius 2 is 0.984 bits per heavy atom. The van der Waals surface area contributed by atoms with Gasteiger partial charge in [0.2, 0.25) is 5.95 Å². The highest BCUT2D eigenvalue weighted by Gasteiger charge is 2.41. The molecular formula is C56H37N5OSi. The predicted octanol–water partition coefficient (Wildman–Crippen LogP) is 10.6. The molecule has 63 heavy (non-hydrogen) atoms. The zero-order valence-electron chi connectivity index (χ0n) is 34.0. The second-order valence-corrected chi connectivity index (χ2v) is 19.6. The zero-order chi connectivity index (χ0) is 41.7. The lowest BCUT2D eigenvalue weighted by atomic mass is 10.0. The molecule has 4 aromatic heterocycles. The molecule has 8 aromatic carbocycles. The van der Waals surface area contributed by atoms with Gasteiger partial charge >= 0.3 is 0 Å². The number of rotatable bonds is 8. The van der Waals surface area contributed by atoms with Crippen LogP contribution in [0.1, 0.15) is 0 Å². The lowest BCUT2D eigenvalue weighted by Crippen LogP contribution is -2.74. The van der Waals surface area contributed by atoms with Gasteiger partial charge in [-0.25, -0.2) is 4.98 Å². The maximum atomic E-state index is 6.34. The number of pyridine rings is 1. The first-order valence-corrected chi connectivity index (χ1v) is 23.1. The summed E-state index contributed by atoms with van der Waals surface area (Å²) in [5.41, 5.74) is 7.51. The topological polar surface area (TPSA) is 69.6 Å². The van der Waals surface area contributed by atoms with Crippen LogP contribution in [0.4, 0.5) is 0 Å². The SMILES string of the molecule is c1ccc(-c2ccc3c4ccccc4n(-c4nc(-c5ccc([Si](c6ccccc6)(c6ccccc6)c6ccccc6)cc5)nc(-c5cccc6oc7ccncc7c56)n4)c3c2)cc1. The third-order valence-corrected chi connectivity index (χ3v) is 17.1. The Morgan fingerprint density at radius 3 is 1.68 bits per heavy atom. The minimum absolute atomic E-state index is 0.528. The number of aromatic nitrogens is 5. The molecular weight excluding hydrogens is 787 g/mol. The first-order valence-electron chi connectivity index (χ1n) is 21.1. The fourth-order valence-corrected chi connectivity index (χ4v) is 14.2. The van der Waals surface area contributed by atoms with Gasteiger partial charge in [-0.2, -0.15) is 9.97 Å². The van der Waals surface area contributed by atoms with Crippen LogP contribution in [0.2, 0.25) is 0 Å². The largest absolute Gasteiger partial charge is 0.456 e. The van der Waals surface area contributed by atoms with Gasteiger partial charge in [0.1, 0.15) is 11.2 Å². The van der Waals surface area contributed by atoms with E-state index in [-0.39, 0.29) is 0 Å². The molecule has 0 fully saturated rings. The van der Waals surface area contributed by atoms with Gasteiger partial charge in [0, 0.05) is 45.1 Å². The lowest BCUT2D eigenvalue weighted by Gasteiger charge is -2.34. The minimum Gasteiger partial charge on any atom is -0.456 e. The molecule has 4 heterocycles. The van der Waals surface area contributed by atoms with Crippen molar-refractivity contribution < 1.29 is 4.42 Å². The van der Waals surface area contributed by atoms with E-state index in [2.05, 4.69) is 198 Å². The standard InChI is InChI=1S/C56H37N5OSi/c1-5-16-38(17-6-1)40-30-33-46-45-24-13-14-26-49(45)61(50(46)36-40)56-59-54(58-55(60-56)47-25-15-27-52-53(47)48-37-57-35-34-51(48)62-52)39-28-31-44(32-29-39)63(41-18-7-2-8-19-41,42-20-9-3-10-21-42)43-22-11-4-12-23-43/h1-37H. The summed E-state index contributed by atoms with van der Waals surface area (Å²) in [6, 6.07) is 75.5. The Kier molecular flexibility index (Phi) is 8.72. The maximum absolute atomic E-state index is 6.34. The molecule has 0 saturated heterocycles. The van der Waals surface area contributed by atoms with Crippen LogP contribution >= 0.6 is 0 Å². The fraction of sp³-hybridized carbons (Fsp3) is 0. The molecule has 12 rings (SSSR count). The Bertz CT molecular complexity index is 3510. The third kappa shape index (κ3) is 6.01. The summed E-state index contributed by atoms with van der Waals surface area (Å²) < 4.78 is 8.53. The summed E-state index contributed by atoms with van der Waals surface area (Å²) in [4.78, 5) is 20.6. The Balaban J connectivity index is 1.11. The third-order valence-electron chi connectivity index (χ3n) is 12.3. The van der Waals surface area contributed by atoms with Crippen LogP contribution in [-0.4, -0.2) is 32.6 Å². The van der Waals surface area contributed by atoms with Crippen molar-refractivity contribution in [3.05, 3.63) is 225 Å². The molecule has 0 aliphatic rings. The Labute approximate surface area is 364 Å². The quantitative estimate of drug-likeness (QED) is 0.113. The molecule has 0 atom stereocenters. The van der Waals surface area contributed by atoms with Crippen molar-refractivity contribution in [3.8, 4) is 39.9 Å². The second-order valence-electron chi connectivity index (χ2n) is 15.8. The van der Waals surface area contributed by atoms with Crippen LogP contribution < -0.4 is 20.7 Å². The van der Waals surface area contributed by atoms with Crippen molar-refractivity contribution in [2.24, 2.45) is 0 Å². The van der Waals surface area contributed by atoms with E-state index >= 15 is 0 Å². The van der Waals surface area contributed by atoms with Gasteiger partial charge in [-0.3, -0.25) is 9.55 Å². The number of fused-ring (bicyclic) bond motifs is 6. The van der Waals surface area contributed by atoms with Crippen molar-refractivity contribution in [2.45, 2.75) is 0 Å². The van der Waals surface area contributed by atoms with Gasteiger partial charge in [-0.05, 0) is 56.1 Å². The van der Waals surface area contributed by atoms with E-state index in [1.54, 1.807) is 6.20 Å². The smallest absolute Gasteiger partial charge is 0.238 e. The van der Waals surface area contributed by atoms with Gasteiger partial charge in [-0.1, -0.05) is 188 Å². The molecule has 0 spiro atoms. The van der Waals surface area contributed by atoms with E-state index in [1.165, 1.54) is 20.7 Å². The summed E-state index contributed by atoms with van der Waals surface area (Å²) in [6.07, 6.45) is 3.61. The number of hydrogen-bond donors (Lipinski definition) is 0. The fourth-order valence-electron chi connectivity index (χ4n) is 9.50. The van der Waals surface area contributed by atoms with Crippen molar-refractivity contribution in [3.63, 3.8) is 0 Å². The number of benzene rings is 8. The molecule has 0 radical (unpaired) electrons. The van der Waals surface area contributed by atoms with Crippen LogP contribution in [0.5, 0.6) is 0 Å². The summed E-state index contributed by atoms with van der Waals surface area (Å²) in [7, 11) is -2.76. The van der Waals surface area contributed by atoms with Crippen LogP contribution in [0.15, 0.2) is 229 Å². The molecule has 0 unspecified atom stereocenters. The first kappa shape index (κ1) is 36.6. The monoisotopic (exact) mass is 823 g/mol.